The van der Waals surface area contributed by atoms with Crippen molar-refractivity contribution in [2.24, 2.45) is 0 Å². The fourth-order valence-electron chi connectivity index (χ4n) is 1.95. The van der Waals surface area contributed by atoms with Crippen LogP contribution in [0.15, 0.2) is 52.5 Å². The zero-order valence-electron chi connectivity index (χ0n) is 12.8. The molecule has 2 rings (SSSR count). The molecular weight excluding hydrogens is 483 g/mol. The third-order valence-corrected chi connectivity index (χ3v) is 4.61. The van der Waals surface area contributed by atoms with Crippen LogP contribution in [0, 0.1) is 14.9 Å². The monoisotopic (exact) mass is 496 g/mol. The zero-order chi connectivity index (χ0) is 17.5. The number of nitrogens with zero attached hydrogens (tertiary/aromatic N) is 1. The number of para-hydroxylation sites is 1. The Hall–Kier alpha value is -1.85. The highest BCUT2D eigenvalue weighted by Crippen LogP contribution is 2.27. The molecule has 2 aromatic rings. The van der Waals surface area contributed by atoms with Crippen molar-refractivity contribution in [2.45, 2.75) is 6.92 Å². The predicted molar refractivity (Wildman–Crippen MR) is 107 cm³/mol. The van der Waals surface area contributed by atoms with Gasteiger partial charge in [0, 0.05) is 3.57 Å². The minimum atomic E-state index is -0.438. The van der Waals surface area contributed by atoms with E-state index in [-0.39, 0.29) is 5.57 Å². The first-order chi connectivity index (χ1) is 11.5. The lowest BCUT2D eigenvalue weighted by molar-refractivity contribution is -0.112. The summed E-state index contributed by atoms with van der Waals surface area (Å²) >= 11 is 5.55. The topological polar surface area (TPSA) is 62.1 Å². The van der Waals surface area contributed by atoms with E-state index in [0.29, 0.717) is 12.3 Å². The van der Waals surface area contributed by atoms with Crippen LogP contribution in [0.4, 0.5) is 5.69 Å². The van der Waals surface area contributed by atoms with Crippen molar-refractivity contribution in [2.75, 3.05) is 11.9 Å². The first-order valence-corrected chi connectivity index (χ1v) is 9.02. The number of benzene rings is 2. The van der Waals surface area contributed by atoms with Gasteiger partial charge >= 0.3 is 0 Å². The summed E-state index contributed by atoms with van der Waals surface area (Å²) in [6, 6.07) is 14.7. The van der Waals surface area contributed by atoms with Crippen molar-refractivity contribution in [1.82, 2.24) is 0 Å². The van der Waals surface area contributed by atoms with Crippen LogP contribution < -0.4 is 10.1 Å². The Bertz CT molecular complexity index is 828. The van der Waals surface area contributed by atoms with Crippen molar-refractivity contribution in [3.05, 3.63) is 61.6 Å². The lowest BCUT2D eigenvalue weighted by atomic mass is 10.1. The Morgan fingerprint density at radius 1 is 1.38 bits per heavy atom. The summed E-state index contributed by atoms with van der Waals surface area (Å²) in [4.78, 5) is 12.3. The van der Waals surface area contributed by atoms with E-state index in [1.54, 1.807) is 24.3 Å². The molecule has 4 nitrogen and oxygen atoms in total. The van der Waals surface area contributed by atoms with Gasteiger partial charge in [0.05, 0.1) is 16.8 Å². The molecule has 0 aliphatic carbocycles. The van der Waals surface area contributed by atoms with Crippen LogP contribution >= 0.6 is 38.5 Å². The quantitative estimate of drug-likeness (QED) is 0.360. The molecule has 0 unspecified atom stereocenters. The molecule has 0 spiro atoms. The second-order valence-corrected chi connectivity index (χ2v) is 6.74. The van der Waals surface area contributed by atoms with E-state index in [9.17, 15) is 10.1 Å². The minimum absolute atomic E-state index is 0.0331. The van der Waals surface area contributed by atoms with Crippen LogP contribution in [-0.4, -0.2) is 12.5 Å². The third-order valence-electron chi connectivity index (χ3n) is 3.05. The van der Waals surface area contributed by atoms with Crippen LogP contribution in [0.3, 0.4) is 0 Å². The number of carbonyl (C=O) groups excluding carboxylic acids is 1. The number of anilines is 1. The first kappa shape index (κ1) is 18.5. The second-order valence-electron chi connectivity index (χ2n) is 4.73. The number of nitriles is 1. The van der Waals surface area contributed by atoms with E-state index in [4.69, 9.17) is 4.74 Å². The smallest absolute Gasteiger partial charge is 0.266 e. The van der Waals surface area contributed by atoms with Crippen molar-refractivity contribution in [1.29, 1.82) is 5.26 Å². The van der Waals surface area contributed by atoms with Gasteiger partial charge < -0.3 is 10.1 Å². The maximum atomic E-state index is 12.3. The van der Waals surface area contributed by atoms with Gasteiger partial charge in [0.15, 0.2) is 0 Å². The molecule has 0 aliphatic heterocycles. The predicted octanol–water partition coefficient (Wildman–Crippen LogP) is 5.00. The summed E-state index contributed by atoms with van der Waals surface area (Å²) < 4.78 is 7.13. The van der Waals surface area contributed by atoms with Crippen LogP contribution in [0.1, 0.15) is 12.5 Å². The van der Waals surface area contributed by atoms with Crippen LogP contribution in [0.2, 0.25) is 0 Å². The van der Waals surface area contributed by atoms with E-state index in [1.165, 1.54) is 0 Å². The molecule has 0 bridgehead atoms. The zero-order valence-corrected chi connectivity index (χ0v) is 16.6. The Morgan fingerprint density at radius 2 is 2.12 bits per heavy atom. The van der Waals surface area contributed by atoms with Crippen LogP contribution in [-0.2, 0) is 4.79 Å². The maximum absolute atomic E-state index is 12.3. The van der Waals surface area contributed by atoms with Gasteiger partial charge in [0.25, 0.3) is 5.91 Å². The summed E-state index contributed by atoms with van der Waals surface area (Å²) in [5.74, 6) is 0.281. The number of hydrogen-bond acceptors (Lipinski definition) is 3. The van der Waals surface area contributed by atoms with Gasteiger partial charge in [-0.3, -0.25) is 4.79 Å². The highest BCUT2D eigenvalue weighted by atomic mass is 127. The molecule has 0 aromatic heterocycles. The van der Waals surface area contributed by atoms with Crippen molar-refractivity contribution >= 4 is 56.2 Å². The molecule has 0 fully saturated rings. The first-order valence-electron chi connectivity index (χ1n) is 7.15. The SMILES string of the molecule is CCOc1ccc(/C=C(/C#N)C(=O)Nc2ccccc2I)cc1Br. The molecule has 0 heterocycles. The van der Waals surface area contributed by atoms with E-state index in [0.717, 1.165) is 19.4 Å². The van der Waals surface area contributed by atoms with E-state index in [2.05, 4.69) is 43.8 Å². The Morgan fingerprint density at radius 3 is 2.75 bits per heavy atom. The molecule has 0 saturated heterocycles. The summed E-state index contributed by atoms with van der Waals surface area (Å²) in [7, 11) is 0. The van der Waals surface area contributed by atoms with Gasteiger partial charge in [-0.05, 0) is 81.3 Å². The average Bonchev–Trinajstić information content (AvgIpc) is 2.57. The molecule has 0 saturated carbocycles. The lowest BCUT2D eigenvalue weighted by Crippen LogP contribution is -2.14. The fourth-order valence-corrected chi connectivity index (χ4v) is 2.98. The summed E-state index contributed by atoms with van der Waals surface area (Å²) in [5.41, 5.74) is 1.45. The van der Waals surface area contributed by atoms with Gasteiger partial charge in [-0.15, -0.1) is 0 Å². The molecule has 0 atom stereocenters. The number of rotatable bonds is 5. The van der Waals surface area contributed by atoms with E-state index >= 15 is 0 Å². The molecule has 1 N–H and O–H groups in total. The molecule has 0 radical (unpaired) electrons. The number of nitrogens with one attached hydrogen (secondary N) is 1. The largest absolute Gasteiger partial charge is 0.493 e. The lowest BCUT2D eigenvalue weighted by Gasteiger charge is -2.08. The van der Waals surface area contributed by atoms with Crippen LogP contribution in [0.25, 0.3) is 6.08 Å². The van der Waals surface area contributed by atoms with Crippen molar-refractivity contribution < 1.29 is 9.53 Å². The fraction of sp³-hybridized carbons (Fsp3) is 0.111. The number of ether oxygens (including phenoxy) is 1. The van der Waals surface area contributed by atoms with E-state index in [1.807, 2.05) is 37.3 Å². The van der Waals surface area contributed by atoms with Gasteiger partial charge in [-0.25, -0.2) is 0 Å². The van der Waals surface area contributed by atoms with Gasteiger partial charge in [-0.2, -0.15) is 5.26 Å². The van der Waals surface area contributed by atoms with Crippen molar-refractivity contribution in [3.63, 3.8) is 0 Å². The Kier molecular flexibility index (Phi) is 6.82. The number of amides is 1. The van der Waals surface area contributed by atoms with Gasteiger partial charge in [0.1, 0.15) is 17.4 Å². The number of carbonyl (C=O) groups is 1. The molecule has 1 amide bonds. The number of hydrogen-bond donors (Lipinski definition) is 1. The molecule has 2 aromatic carbocycles. The van der Waals surface area contributed by atoms with E-state index < -0.39 is 5.91 Å². The summed E-state index contributed by atoms with van der Waals surface area (Å²) in [6.07, 6.45) is 1.55. The molecular formula is C18H14BrIN2O2. The standard InChI is InChI=1S/C18H14BrIN2O2/c1-2-24-17-8-7-12(10-14(17)19)9-13(11-21)18(23)22-16-6-4-3-5-15(16)20/h3-10H,2H2,1H3,(H,22,23)/b13-9-. The summed E-state index contributed by atoms with van der Waals surface area (Å²) in [6.45, 7) is 2.47. The molecule has 0 aliphatic rings. The van der Waals surface area contributed by atoms with Gasteiger partial charge in [-0.1, -0.05) is 18.2 Å². The average molecular weight is 497 g/mol. The maximum Gasteiger partial charge on any atom is 0.266 e. The summed E-state index contributed by atoms with van der Waals surface area (Å²) in [5, 5.41) is 12.0. The Labute approximate surface area is 162 Å². The molecule has 6 heteroatoms. The third kappa shape index (κ3) is 4.82. The number of halogens is 2. The highest BCUT2D eigenvalue weighted by molar-refractivity contribution is 14.1. The normalized spacial score (nSPS) is 10.8. The molecule has 24 heavy (non-hydrogen) atoms. The molecule has 122 valence electrons. The van der Waals surface area contributed by atoms with Crippen LogP contribution in [0.5, 0.6) is 5.75 Å². The minimum Gasteiger partial charge on any atom is -0.493 e. The highest BCUT2D eigenvalue weighted by Gasteiger charge is 2.11. The van der Waals surface area contributed by atoms with Crippen molar-refractivity contribution in [3.8, 4) is 11.8 Å². The Balaban J connectivity index is 2.23. The van der Waals surface area contributed by atoms with Gasteiger partial charge in [0.2, 0.25) is 0 Å². The second kappa shape index (κ2) is 8.85.